The molecule has 2 heterocycles. The van der Waals surface area contributed by atoms with Crippen LogP contribution in [0.1, 0.15) is 5.56 Å². The number of hydrogen-bond donors (Lipinski definition) is 1. The van der Waals surface area contributed by atoms with Crippen LogP contribution in [0, 0.1) is 0 Å². The van der Waals surface area contributed by atoms with E-state index in [1.165, 1.54) is 5.56 Å². The molecule has 1 unspecified atom stereocenters. The van der Waals surface area contributed by atoms with Gasteiger partial charge in [-0.1, -0.05) is 42.1 Å². The monoisotopic (exact) mass is 274 g/mol. The van der Waals surface area contributed by atoms with Gasteiger partial charge in [-0.2, -0.15) is 11.3 Å². The van der Waals surface area contributed by atoms with E-state index in [9.17, 15) is 0 Å². The summed E-state index contributed by atoms with van der Waals surface area (Å²) in [7, 11) is 0. The predicted octanol–water partition coefficient (Wildman–Crippen LogP) is 3.87. The van der Waals surface area contributed by atoms with Gasteiger partial charge in [0, 0.05) is 11.1 Å². The van der Waals surface area contributed by atoms with Gasteiger partial charge in [0.05, 0.1) is 11.7 Å². The molecule has 1 N–H and O–H groups in total. The van der Waals surface area contributed by atoms with Gasteiger partial charge in [0.2, 0.25) is 0 Å². The van der Waals surface area contributed by atoms with Crippen LogP contribution in [0.3, 0.4) is 0 Å². The van der Waals surface area contributed by atoms with Crippen molar-refractivity contribution in [2.45, 2.75) is 12.5 Å². The van der Waals surface area contributed by atoms with E-state index < -0.39 is 0 Å². The lowest BCUT2D eigenvalue weighted by Gasteiger charge is -2.04. The zero-order valence-corrected chi connectivity index (χ0v) is 11.5. The first kappa shape index (κ1) is 11.8. The van der Waals surface area contributed by atoms with Crippen molar-refractivity contribution in [2.75, 3.05) is 11.1 Å². The molecule has 0 saturated carbocycles. The van der Waals surface area contributed by atoms with Crippen LogP contribution >= 0.6 is 23.1 Å². The average Bonchev–Trinajstić information content (AvgIpc) is 3.03. The summed E-state index contributed by atoms with van der Waals surface area (Å²) in [4.78, 5) is 4.73. The molecule has 2 nitrogen and oxygen atoms in total. The summed E-state index contributed by atoms with van der Waals surface area (Å²) < 4.78 is 0. The molecule has 0 amide bonds. The molecule has 0 aliphatic carbocycles. The number of amidine groups is 1. The van der Waals surface area contributed by atoms with Crippen molar-refractivity contribution in [1.82, 2.24) is 0 Å². The minimum Gasteiger partial charge on any atom is -0.334 e. The molecule has 1 aliphatic rings. The molecule has 1 aromatic carbocycles. The third-order valence-corrected chi connectivity index (χ3v) is 4.51. The normalized spacial score (nSPS) is 18.7. The third-order valence-electron chi connectivity index (χ3n) is 2.80. The number of thioether (sulfide) groups is 1. The maximum absolute atomic E-state index is 4.73. The van der Waals surface area contributed by atoms with Gasteiger partial charge in [-0.3, -0.25) is 4.99 Å². The van der Waals surface area contributed by atoms with Crippen molar-refractivity contribution in [3.05, 3.63) is 52.7 Å². The highest BCUT2D eigenvalue weighted by Gasteiger charge is 2.18. The Balaban J connectivity index is 1.61. The number of benzene rings is 1. The summed E-state index contributed by atoms with van der Waals surface area (Å²) in [6.45, 7) is 0. The van der Waals surface area contributed by atoms with E-state index in [0.29, 0.717) is 6.04 Å². The summed E-state index contributed by atoms with van der Waals surface area (Å²) in [6.07, 6.45) is 1.03. The number of nitrogens with zero attached hydrogens (tertiary/aromatic N) is 1. The van der Waals surface area contributed by atoms with Gasteiger partial charge in [-0.15, -0.1) is 0 Å². The number of nitrogens with one attached hydrogen (secondary N) is 1. The van der Waals surface area contributed by atoms with Crippen LogP contribution in [0.2, 0.25) is 0 Å². The molecule has 1 atom stereocenters. The molecule has 4 heteroatoms. The van der Waals surface area contributed by atoms with Crippen molar-refractivity contribution in [3.8, 4) is 0 Å². The Morgan fingerprint density at radius 2 is 2.11 bits per heavy atom. The summed E-state index contributed by atoms with van der Waals surface area (Å²) >= 11 is 3.51. The van der Waals surface area contributed by atoms with Crippen molar-refractivity contribution in [1.29, 1.82) is 0 Å². The maximum atomic E-state index is 4.73. The highest BCUT2D eigenvalue weighted by Crippen LogP contribution is 2.23. The molecule has 1 aromatic heterocycles. The second kappa shape index (κ2) is 5.59. The number of thiophene rings is 1. The minimum atomic E-state index is 0.401. The fourth-order valence-corrected chi connectivity index (χ4v) is 3.48. The Morgan fingerprint density at radius 3 is 2.89 bits per heavy atom. The van der Waals surface area contributed by atoms with Gasteiger partial charge < -0.3 is 5.32 Å². The second-order valence-corrected chi connectivity index (χ2v) is 6.01. The quantitative estimate of drug-likeness (QED) is 0.918. The van der Waals surface area contributed by atoms with Gasteiger partial charge in [0.25, 0.3) is 0 Å². The SMILES string of the molecule is c1ccc(CC2CSC(Nc3ccsc3)=N2)cc1. The molecule has 0 saturated heterocycles. The lowest BCUT2D eigenvalue weighted by molar-refractivity contribution is 0.762. The van der Waals surface area contributed by atoms with Gasteiger partial charge in [-0.25, -0.2) is 0 Å². The van der Waals surface area contributed by atoms with E-state index in [0.717, 1.165) is 23.0 Å². The number of rotatable bonds is 3. The molecule has 0 radical (unpaired) electrons. The minimum absolute atomic E-state index is 0.401. The summed E-state index contributed by atoms with van der Waals surface area (Å²) in [5.74, 6) is 1.07. The lowest BCUT2D eigenvalue weighted by Crippen LogP contribution is -2.08. The van der Waals surface area contributed by atoms with E-state index in [1.807, 2.05) is 11.8 Å². The van der Waals surface area contributed by atoms with Gasteiger partial charge >= 0.3 is 0 Å². The fourth-order valence-electron chi connectivity index (χ4n) is 1.93. The molecule has 2 aromatic rings. The first-order valence-electron chi connectivity index (χ1n) is 5.94. The van der Waals surface area contributed by atoms with Crippen LogP contribution in [-0.4, -0.2) is 17.0 Å². The number of anilines is 1. The largest absolute Gasteiger partial charge is 0.334 e. The molecule has 92 valence electrons. The van der Waals surface area contributed by atoms with E-state index in [2.05, 4.69) is 52.5 Å². The first-order valence-corrected chi connectivity index (χ1v) is 7.87. The summed E-state index contributed by atoms with van der Waals surface area (Å²) in [5, 5.41) is 8.59. The topological polar surface area (TPSA) is 24.4 Å². The first-order chi connectivity index (χ1) is 8.90. The Labute approximate surface area is 115 Å². The molecule has 0 bridgehead atoms. The summed E-state index contributed by atoms with van der Waals surface area (Å²) in [6, 6.07) is 13.1. The zero-order valence-electron chi connectivity index (χ0n) is 9.87. The average molecular weight is 274 g/mol. The van der Waals surface area contributed by atoms with Crippen molar-refractivity contribution >= 4 is 34.0 Å². The lowest BCUT2D eigenvalue weighted by atomic mass is 10.1. The Morgan fingerprint density at radius 1 is 1.22 bits per heavy atom. The van der Waals surface area contributed by atoms with E-state index >= 15 is 0 Å². The smallest absolute Gasteiger partial charge is 0.161 e. The van der Waals surface area contributed by atoms with E-state index in [1.54, 1.807) is 11.3 Å². The Kier molecular flexibility index (Phi) is 3.67. The fraction of sp³-hybridized carbons (Fsp3) is 0.214. The molecular weight excluding hydrogens is 260 g/mol. The Bertz CT molecular complexity index is 520. The van der Waals surface area contributed by atoms with Gasteiger partial charge in [0.1, 0.15) is 0 Å². The van der Waals surface area contributed by atoms with Crippen LogP contribution in [-0.2, 0) is 6.42 Å². The third kappa shape index (κ3) is 2.94. The summed E-state index contributed by atoms with van der Waals surface area (Å²) in [5.41, 5.74) is 2.51. The molecule has 1 aliphatic heterocycles. The Hall–Kier alpha value is -1.26. The van der Waals surface area contributed by atoms with Gasteiger partial charge in [-0.05, 0) is 23.4 Å². The molecule has 0 spiro atoms. The predicted molar refractivity (Wildman–Crippen MR) is 81.8 cm³/mol. The van der Waals surface area contributed by atoms with Gasteiger partial charge in [0.15, 0.2) is 5.17 Å². The van der Waals surface area contributed by atoms with Crippen molar-refractivity contribution < 1.29 is 0 Å². The molecule has 18 heavy (non-hydrogen) atoms. The highest BCUT2D eigenvalue weighted by molar-refractivity contribution is 8.14. The standard InChI is InChI=1S/C14H14N2S2/c1-2-4-11(5-3-1)8-13-10-18-14(16-13)15-12-6-7-17-9-12/h1-7,9,13H,8,10H2,(H,15,16). The van der Waals surface area contributed by atoms with E-state index in [-0.39, 0.29) is 0 Å². The van der Waals surface area contributed by atoms with Crippen LogP contribution in [0.5, 0.6) is 0 Å². The van der Waals surface area contributed by atoms with Crippen molar-refractivity contribution in [3.63, 3.8) is 0 Å². The van der Waals surface area contributed by atoms with Crippen LogP contribution in [0.15, 0.2) is 52.2 Å². The van der Waals surface area contributed by atoms with Crippen LogP contribution in [0.4, 0.5) is 5.69 Å². The second-order valence-electron chi connectivity index (χ2n) is 4.23. The molecule has 0 fully saturated rings. The number of hydrogen-bond acceptors (Lipinski definition) is 4. The van der Waals surface area contributed by atoms with Crippen LogP contribution < -0.4 is 5.32 Å². The van der Waals surface area contributed by atoms with Crippen LogP contribution in [0.25, 0.3) is 0 Å². The number of aliphatic imine (C=N–C) groups is 1. The molecule has 3 rings (SSSR count). The highest BCUT2D eigenvalue weighted by atomic mass is 32.2. The van der Waals surface area contributed by atoms with E-state index in [4.69, 9.17) is 4.99 Å². The zero-order chi connectivity index (χ0) is 12.2. The van der Waals surface area contributed by atoms with Crippen molar-refractivity contribution in [2.24, 2.45) is 4.99 Å². The maximum Gasteiger partial charge on any atom is 0.161 e. The molecular formula is C14H14N2S2.